The van der Waals surface area contributed by atoms with Gasteiger partial charge >= 0.3 is 0 Å². The predicted molar refractivity (Wildman–Crippen MR) is 112 cm³/mol. The third-order valence-electron chi connectivity index (χ3n) is 6.18. The van der Waals surface area contributed by atoms with Crippen LogP contribution in [0, 0.1) is 0 Å². The molecule has 2 amide bonds. The zero-order valence-electron chi connectivity index (χ0n) is 18.5. The molecule has 0 aromatic heterocycles. The molecule has 8 heteroatoms. The summed E-state index contributed by atoms with van der Waals surface area (Å²) in [5.74, 6) is -0.986. The molecule has 0 unspecified atom stereocenters. The van der Waals surface area contributed by atoms with E-state index < -0.39 is 17.6 Å². The smallest absolute Gasteiger partial charge is 0.254 e. The van der Waals surface area contributed by atoms with Gasteiger partial charge in [0, 0.05) is 41.4 Å². The van der Waals surface area contributed by atoms with Gasteiger partial charge < -0.3 is 21.1 Å². The van der Waals surface area contributed by atoms with Crippen LogP contribution in [0.4, 0.5) is 0 Å². The summed E-state index contributed by atoms with van der Waals surface area (Å²) in [6.07, 6.45) is 1.37. The maximum atomic E-state index is 12.9. The van der Waals surface area contributed by atoms with E-state index in [2.05, 4.69) is 5.32 Å². The molecule has 1 saturated heterocycles. The second kappa shape index (κ2) is 9.22. The van der Waals surface area contributed by atoms with Gasteiger partial charge in [0.1, 0.15) is 5.60 Å². The molecule has 2 aliphatic rings. The highest BCUT2D eigenvalue weighted by Gasteiger charge is 2.37. The van der Waals surface area contributed by atoms with Crippen molar-refractivity contribution in [3.8, 4) is 0 Å². The van der Waals surface area contributed by atoms with E-state index in [-0.39, 0.29) is 36.4 Å². The molecule has 1 fully saturated rings. The van der Waals surface area contributed by atoms with Gasteiger partial charge in [0.25, 0.3) is 5.91 Å². The fraction of sp³-hybridized carbons (Fsp3) is 0.636. The quantitative estimate of drug-likeness (QED) is 0.546. The molecule has 1 aliphatic carbocycles. The van der Waals surface area contributed by atoms with Gasteiger partial charge in [-0.15, -0.1) is 0 Å². The maximum absolute atomic E-state index is 12.9. The number of piperidine rings is 1. The molecular formula is C22H33N3O5. The first-order valence-electron chi connectivity index (χ1n) is 10.4. The van der Waals surface area contributed by atoms with Crippen molar-refractivity contribution in [2.45, 2.75) is 78.0 Å². The van der Waals surface area contributed by atoms with Crippen molar-refractivity contribution in [2.24, 2.45) is 5.73 Å². The molecule has 2 atom stereocenters. The summed E-state index contributed by atoms with van der Waals surface area (Å²) < 4.78 is 0. The van der Waals surface area contributed by atoms with Crippen LogP contribution in [0.3, 0.4) is 0 Å². The third-order valence-corrected chi connectivity index (χ3v) is 6.18. The average Bonchev–Trinajstić information content (AvgIpc) is 2.70. The summed E-state index contributed by atoms with van der Waals surface area (Å²) in [6.45, 7) is 8.76. The molecule has 0 aromatic carbocycles. The number of nitrogens with one attached hydrogen (secondary N) is 1. The number of carbonyl (C=O) groups excluding carboxylic acids is 4. The van der Waals surface area contributed by atoms with Gasteiger partial charge in [0.05, 0.1) is 6.04 Å². The molecule has 0 bridgehead atoms. The molecule has 1 heterocycles. The van der Waals surface area contributed by atoms with Crippen molar-refractivity contribution in [2.75, 3.05) is 13.1 Å². The number of rotatable bonds is 6. The summed E-state index contributed by atoms with van der Waals surface area (Å²) in [5, 5.41) is 13.7. The Balaban J connectivity index is 1.97. The zero-order chi connectivity index (χ0) is 22.8. The van der Waals surface area contributed by atoms with Crippen molar-refractivity contribution in [3.05, 3.63) is 22.3 Å². The predicted octanol–water partition coefficient (Wildman–Crippen LogP) is 0.777. The second-order valence-electron chi connectivity index (χ2n) is 8.65. The van der Waals surface area contributed by atoms with E-state index in [4.69, 9.17) is 5.73 Å². The Kier molecular flexibility index (Phi) is 7.36. The average molecular weight is 420 g/mol. The van der Waals surface area contributed by atoms with Crippen LogP contribution in [0.2, 0.25) is 0 Å². The standard InChI is InChI=1S/C22H33N3O5/c1-12-13(2)19(27)17(14(3)18(12)26)6-9-22(5,30)21(29)25-10-7-16(8-11-25)24-20(28)15(4)23/h15-16,30H,6-11,23H2,1-5H3,(H,24,28)/t15-,22-/m0/s1. The number of hydrogen-bond acceptors (Lipinski definition) is 6. The van der Waals surface area contributed by atoms with E-state index in [1.807, 2.05) is 0 Å². The zero-order valence-corrected chi connectivity index (χ0v) is 18.5. The lowest BCUT2D eigenvalue weighted by Gasteiger charge is -2.37. The van der Waals surface area contributed by atoms with Gasteiger partial charge in [-0.05, 0) is 60.3 Å². The van der Waals surface area contributed by atoms with Crippen molar-refractivity contribution < 1.29 is 24.3 Å². The second-order valence-corrected chi connectivity index (χ2v) is 8.65. The first-order valence-corrected chi connectivity index (χ1v) is 10.4. The normalized spacial score (nSPS) is 21.6. The molecule has 8 nitrogen and oxygen atoms in total. The number of ketones is 2. The number of hydrogen-bond donors (Lipinski definition) is 3. The van der Waals surface area contributed by atoms with E-state index in [1.165, 1.54) is 6.92 Å². The fourth-order valence-corrected chi connectivity index (χ4v) is 3.83. The summed E-state index contributed by atoms with van der Waals surface area (Å²) in [6, 6.07) is -0.631. The van der Waals surface area contributed by atoms with E-state index in [0.717, 1.165) is 0 Å². The number of Topliss-reactive ketones (excluding diaryl/α,β-unsaturated/α-hetero) is 2. The molecule has 4 N–H and O–H groups in total. The molecule has 1 aliphatic heterocycles. The summed E-state index contributed by atoms with van der Waals surface area (Å²) in [7, 11) is 0. The Morgan fingerprint density at radius 3 is 2.20 bits per heavy atom. The molecule has 166 valence electrons. The number of carbonyl (C=O) groups is 4. The lowest BCUT2D eigenvalue weighted by Crippen LogP contribution is -2.54. The number of likely N-dealkylation sites (tertiary alicyclic amines) is 1. The van der Waals surface area contributed by atoms with Crippen LogP contribution >= 0.6 is 0 Å². The van der Waals surface area contributed by atoms with Crippen LogP contribution in [0.5, 0.6) is 0 Å². The lowest BCUT2D eigenvalue weighted by atomic mass is 9.82. The molecule has 0 spiro atoms. The monoisotopic (exact) mass is 419 g/mol. The van der Waals surface area contributed by atoms with Crippen LogP contribution < -0.4 is 11.1 Å². The molecular weight excluding hydrogens is 386 g/mol. The van der Waals surface area contributed by atoms with Crippen LogP contribution in [0.15, 0.2) is 22.3 Å². The minimum atomic E-state index is -1.65. The van der Waals surface area contributed by atoms with Crippen molar-refractivity contribution in [1.29, 1.82) is 0 Å². The van der Waals surface area contributed by atoms with Gasteiger partial charge in [0.15, 0.2) is 11.6 Å². The SMILES string of the molecule is CC1=C(C)C(=O)C(CC[C@](C)(O)C(=O)N2CCC(NC(=O)[C@H](C)N)CC2)=C(C)C1=O. The molecule has 2 rings (SSSR count). The number of nitrogens with two attached hydrogens (primary N) is 1. The van der Waals surface area contributed by atoms with E-state index in [1.54, 1.807) is 32.6 Å². The first-order chi connectivity index (χ1) is 13.9. The van der Waals surface area contributed by atoms with Crippen molar-refractivity contribution >= 4 is 23.4 Å². The van der Waals surface area contributed by atoms with E-state index in [0.29, 0.717) is 48.2 Å². The van der Waals surface area contributed by atoms with Gasteiger partial charge in [-0.25, -0.2) is 0 Å². The van der Waals surface area contributed by atoms with Gasteiger partial charge in [-0.3, -0.25) is 19.2 Å². The summed E-state index contributed by atoms with van der Waals surface area (Å²) in [5.41, 5.74) is 5.53. The molecule has 0 saturated carbocycles. The van der Waals surface area contributed by atoms with Gasteiger partial charge in [-0.1, -0.05) is 0 Å². The maximum Gasteiger partial charge on any atom is 0.254 e. The molecule has 30 heavy (non-hydrogen) atoms. The van der Waals surface area contributed by atoms with Crippen molar-refractivity contribution in [1.82, 2.24) is 10.2 Å². The number of aliphatic hydroxyl groups is 1. The summed E-state index contributed by atoms with van der Waals surface area (Å²) in [4.78, 5) is 51.0. The third kappa shape index (κ3) is 5.05. The number of allylic oxidation sites excluding steroid dienone is 4. The molecule has 0 radical (unpaired) electrons. The Hall–Kier alpha value is -2.32. The van der Waals surface area contributed by atoms with E-state index in [9.17, 15) is 24.3 Å². The Labute approximate surface area is 177 Å². The van der Waals surface area contributed by atoms with E-state index >= 15 is 0 Å². The lowest BCUT2D eigenvalue weighted by molar-refractivity contribution is -0.151. The first kappa shape index (κ1) is 24.0. The van der Waals surface area contributed by atoms with Gasteiger partial charge in [0.2, 0.25) is 5.91 Å². The van der Waals surface area contributed by atoms with Crippen LogP contribution in [0.1, 0.15) is 60.3 Å². The van der Waals surface area contributed by atoms with Crippen LogP contribution in [0.25, 0.3) is 0 Å². The fourth-order valence-electron chi connectivity index (χ4n) is 3.83. The van der Waals surface area contributed by atoms with Crippen LogP contribution in [-0.2, 0) is 19.2 Å². The number of amides is 2. The minimum absolute atomic E-state index is 0.0468. The molecule has 0 aromatic rings. The Morgan fingerprint density at radius 1 is 1.13 bits per heavy atom. The Bertz CT molecular complexity index is 815. The highest BCUT2D eigenvalue weighted by Crippen LogP contribution is 2.29. The van der Waals surface area contributed by atoms with Crippen molar-refractivity contribution in [3.63, 3.8) is 0 Å². The highest BCUT2D eigenvalue weighted by molar-refractivity contribution is 6.24. The topological polar surface area (TPSA) is 130 Å². The largest absolute Gasteiger partial charge is 0.380 e. The highest BCUT2D eigenvalue weighted by atomic mass is 16.3. The van der Waals surface area contributed by atoms with Crippen LogP contribution in [-0.4, -0.2) is 64.2 Å². The van der Waals surface area contributed by atoms with Gasteiger partial charge in [-0.2, -0.15) is 0 Å². The number of nitrogens with zero attached hydrogens (tertiary/aromatic N) is 1. The minimum Gasteiger partial charge on any atom is -0.380 e. The summed E-state index contributed by atoms with van der Waals surface area (Å²) >= 11 is 0. The Morgan fingerprint density at radius 2 is 1.67 bits per heavy atom.